The van der Waals surface area contributed by atoms with Crippen LogP contribution in [0.5, 0.6) is 0 Å². The van der Waals surface area contributed by atoms with Crippen molar-refractivity contribution >= 4 is 22.1 Å². The molecule has 74 valence electrons. The Morgan fingerprint density at radius 1 is 1.77 bits per heavy atom. The van der Waals surface area contributed by atoms with Crippen molar-refractivity contribution < 1.29 is 4.21 Å². The lowest BCUT2D eigenvalue weighted by molar-refractivity contribution is 0.665. The molecule has 5 heteroatoms. The molecule has 0 saturated heterocycles. The number of rotatable bonds is 5. The Hall–Kier alpha value is -0.260. The largest absolute Gasteiger partial charge is 0.330 e. The second-order valence-electron chi connectivity index (χ2n) is 2.84. The SMILES string of the molecule is CC(CCN)S(=O)Cc1nccs1. The van der Waals surface area contributed by atoms with E-state index >= 15 is 0 Å². The van der Waals surface area contributed by atoms with E-state index in [2.05, 4.69) is 4.98 Å². The van der Waals surface area contributed by atoms with Crippen LogP contribution in [-0.2, 0) is 16.6 Å². The first-order valence-electron chi connectivity index (χ1n) is 4.19. The summed E-state index contributed by atoms with van der Waals surface area (Å²) in [6.45, 7) is 2.57. The maximum Gasteiger partial charge on any atom is 0.105 e. The third-order valence-corrected chi connectivity index (χ3v) is 4.42. The van der Waals surface area contributed by atoms with E-state index in [1.54, 1.807) is 17.5 Å². The predicted octanol–water partition coefficient (Wildman–Crippen LogP) is 1.13. The van der Waals surface area contributed by atoms with Crippen LogP contribution < -0.4 is 5.73 Å². The summed E-state index contributed by atoms with van der Waals surface area (Å²) in [6, 6.07) is 0. The molecule has 1 heterocycles. The van der Waals surface area contributed by atoms with Gasteiger partial charge in [-0.2, -0.15) is 0 Å². The van der Waals surface area contributed by atoms with Crippen LogP contribution in [0.25, 0.3) is 0 Å². The zero-order valence-corrected chi connectivity index (χ0v) is 9.24. The minimum atomic E-state index is -0.826. The Kier molecular flexibility index (Phi) is 4.55. The summed E-state index contributed by atoms with van der Waals surface area (Å²) in [7, 11) is -0.826. The molecule has 0 amide bonds. The van der Waals surface area contributed by atoms with Crippen molar-refractivity contribution in [2.24, 2.45) is 5.73 Å². The highest BCUT2D eigenvalue weighted by Crippen LogP contribution is 2.11. The normalized spacial score (nSPS) is 15.5. The van der Waals surface area contributed by atoms with Crippen LogP contribution in [0.1, 0.15) is 18.4 Å². The van der Waals surface area contributed by atoms with Gasteiger partial charge >= 0.3 is 0 Å². The maximum atomic E-state index is 11.6. The van der Waals surface area contributed by atoms with E-state index in [1.165, 1.54) is 0 Å². The summed E-state index contributed by atoms with van der Waals surface area (Å²) >= 11 is 1.55. The van der Waals surface area contributed by atoms with Crippen LogP contribution in [0.2, 0.25) is 0 Å². The predicted molar refractivity (Wildman–Crippen MR) is 57.1 cm³/mol. The highest BCUT2D eigenvalue weighted by atomic mass is 32.2. The Labute approximate surface area is 84.8 Å². The molecule has 2 atom stereocenters. The van der Waals surface area contributed by atoms with Crippen LogP contribution in [0.4, 0.5) is 0 Å². The first kappa shape index (κ1) is 10.8. The molecule has 1 rings (SSSR count). The highest BCUT2D eigenvalue weighted by molar-refractivity contribution is 7.84. The van der Waals surface area contributed by atoms with Gasteiger partial charge in [0.25, 0.3) is 0 Å². The number of nitrogens with two attached hydrogens (primary N) is 1. The Balaban J connectivity index is 2.41. The molecule has 0 bridgehead atoms. The number of thiazole rings is 1. The Morgan fingerprint density at radius 3 is 3.08 bits per heavy atom. The second kappa shape index (κ2) is 5.47. The fourth-order valence-electron chi connectivity index (χ4n) is 0.954. The molecule has 13 heavy (non-hydrogen) atoms. The van der Waals surface area contributed by atoms with E-state index in [0.717, 1.165) is 11.4 Å². The van der Waals surface area contributed by atoms with Gasteiger partial charge < -0.3 is 5.73 Å². The fraction of sp³-hybridized carbons (Fsp3) is 0.625. The van der Waals surface area contributed by atoms with Crippen LogP contribution in [0.15, 0.2) is 11.6 Å². The van der Waals surface area contributed by atoms with Gasteiger partial charge in [0, 0.05) is 27.6 Å². The van der Waals surface area contributed by atoms with Gasteiger partial charge in [-0.05, 0) is 13.0 Å². The Bertz CT molecular complexity index is 261. The summed E-state index contributed by atoms with van der Waals surface area (Å²) in [5, 5.41) is 3.02. The summed E-state index contributed by atoms with van der Waals surface area (Å²) in [4.78, 5) is 4.09. The molecule has 0 aromatic carbocycles. The highest BCUT2D eigenvalue weighted by Gasteiger charge is 2.11. The van der Waals surface area contributed by atoms with Crippen molar-refractivity contribution in [1.82, 2.24) is 4.98 Å². The number of hydrogen-bond acceptors (Lipinski definition) is 4. The third-order valence-electron chi connectivity index (χ3n) is 1.77. The molecule has 0 fully saturated rings. The molecular formula is C8H14N2OS2. The van der Waals surface area contributed by atoms with Gasteiger partial charge in [0.05, 0.1) is 5.75 Å². The van der Waals surface area contributed by atoms with Crippen molar-refractivity contribution in [3.05, 3.63) is 16.6 Å². The van der Waals surface area contributed by atoms with E-state index in [-0.39, 0.29) is 5.25 Å². The fourth-order valence-corrected chi connectivity index (χ4v) is 2.98. The van der Waals surface area contributed by atoms with Crippen molar-refractivity contribution in [1.29, 1.82) is 0 Å². The Morgan fingerprint density at radius 2 is 2.54 bits per heavy atom. The molecule has 2 unspecified atom stereocenters. The summed E-state index contributed by atoms with van der Waals surface area (Å²) < 4.78 is 11.6. The van der Waals surface area contributed by atoms with Crippen LogP contribution in [0.3, 0.4) is 0 Å². The molecule has 1 aromatic heterocycles. The second-order valence-corrected chi connectivity index (χ2v) is 5.67. The number of nitrogens with zero attached hydrogens (tertiary/aromatic N) is 1. The van der Waals surface area contributed by atoms with Crippen molar-refractivity contribution in [2.75, 3.05) is 6.54 Å². The molecule has 1 aromatic rings. The molecular weight excluding hydrogens is 204 g/mol. The lowest BCUT2D eigenvalue weighted by Crippen LogP contribution is -2.17. The van der Waals surface area contributed by atoms with Gasteiger partial charge in [-0.25, -0.2) is 4.98 Å². The van der Waals surface area contributed by atoms with Crippen LogP contribution in [0, 0.1) is 0 Å². The van der Waals surface area contributed by atoms with Gasteiger partial charge in [-0.3, -0.25) is 4.21 Å². The van der Waals surface area contributed by atoms with Crippen molar-refractivity contribution in [3.8, 4) is 0 Å². The molecule has 0 saturated carbocycles. The summed E-state index contributed by atoms with van der Waals surface area (Å²) in [5.74, 6) is 0.568. The minimum absolute atomic E-state index is 0.175. The molecule has 0 aliphatic heterocycles. The molecule has 0 spiro atoms. The molecule has 3 nitrogen and oxygen atoms in total. The average Bonchev–Trinajstić information content (AvgIpc) is 2.57. The first-order chi connectivity index (χ1) is 6.24. The van der Waals surface area contributed by atoms with Gasteiger partial charge in [0.2, 0.25) is 0 Å². The molecule has 2 N–H and O–H groups in total. The van der Waals surface area contributed by atoms with E-state index in [0.29, 0.717) is 12.3 Å². The van der Waals surface area contributed by atoms with Gasteiger partial charge in [-0.15, -0.1) is 11.3 Å². The van der Waals surface area contributed by atoms with E-state index < -0.39 is 10.8 Å². The minimum Gasteiger partial charge on any atom is -0.330 e. The van der Waals surface area contributed by atoms with Gasteiger partial charge in [0.1, 0.15) is 5.01 Å². The van der Waals surface area contributed by atoms with Crippen LogP contribution >= 0.6 is 11.3 Å². The van der Waals surface area contributed by atoms with Gasteiger partial charge in [-0.1, -0.05) is 6.92 Å². The monoisotopic (exact) mass is 218 g/mol. The van der Waals surface area contributed by atoms with Gasteiger partial charge in [0.15, 0.2) is 0 Å². The van der Waals surface area contributed by atoms with Crippen molar-refractivity contribution in [3.63, 3.8) is 0 Å². The zero-order valence-electron chi connectivity index (χ0n) is 7.60. The first-order valence-corrected chi connectivity index (χ1v) is 6.46. The van der Waals surface area contributed by atoms with E-state index in [4.69, 9.17) is 5.73 Å². The van der Waals surface area contributed by atoms with E-state index in [9.17, 15) is 4.21 Å². The molecule has 0 aliphatic carbocycles. The maximum absolute atomic E-state index is 11.6. The summed E-state index contributed by atoms with van der Waals surface area (Å²) in [6.07, 6.45) is 2.56. The van der Waals surface area contributed by atoms with E-state index in [1.807, 2.05) is 12.3 Å². The lowest BCUT2D eigenvalue weighted by Gasteiger charge is -2.07. The lowest BCUT2D eigenvalue weighted by atomic mass is 10.3. The van der Waals surface area contributed by atoms with Crippen LogP contribution in [-0.4, -0.2) is 21.0 Å². The quantitative estimate of drug-likeness (QED) is 0.806. The number of aromatic nitrogens is 1. The smallest absolute Gasteiger partial charge is 0.105 e. The summed E-state index contributed by atoms with van der Waals surface area (Å²) in [5.41, 5.74) is 5.39. The topological polar surface area (TPSA) is 56.0 Å². The average molecular weight is 218 g/mol. The molecule has 0 aliphatic rings. The third kappa shape index (κ3) is 3.54. The standard InChI is InChI=1S/C8H14N2OS2/c1-7(2-3-9)13(11)6-8-10-4-5-12-8/h4-5,7H,2-3,6,9H2,1H3. The number of hydrogen-bond donors (Lipinski definition) is 1. The molecule has 0 radical (unpaired) electrons. The zero-order chi connectivity index (χ0) is 9.68. The van der Waals surface area contributed by atoms with Crippen molar-refractivity contribution in [2.45, 2.75) is 24.3 Å².